The maximum absolute atomic E-state index is 9.35. The Bertz CT molecular complexity index is 351. The topological polar surface area (TPSA) is 91.1 Å². The van der Waals surface area contributed by atoms with Crippen LogP contribution in [0.2, 0.25) is 0 Å². The Morgan fingerprint density at radius 2 is 2.38 bits per heavy atom. The van der Waals surface area contributed by atoms with Gasteiger partial charge < -0.3 is 15.7 Å². The van der Waals surface area contributed by atoms with Crippen molar-refractivity contribution in [2.75, 3.05) is 18.0 Å². The maximum atomic E-state index is 9.35. The van der Waals surface area contributed by atoms with Gasteiger partial charge in [0, 0.05) is 19.1 Å². The van der Waals surface area contributed by atoms with E-state index in [0.29, 0.717) is 17.7 Å². The number of aliphatic hydroxyl groups is 1. The molecule has 1 aliphatic heterocycles. The molecule has 3 atom stereocenters. The molecule has 90 valence electrons. The van der Waals surface area contributed by atoms with E-state index in [1.54, 1.807) is 6.92 Å². The van der Waals surface area contributed by atoms with E-state index in [-0.39, 0.29) is 6.04 Å². The Morgan fingerprint density at radius 3 is 2.94 bits per heavy atom. The van der Waals surface area contributed by atoms with Gasteiger partial charge in [0.1, 0.15) is 6.10 Å². The van der Waals surface area contributed by atoms with Crippen molar-refractivity contribution < 1.29 is 5.11 Å². The molecule has 0 radical (unpaired) electrons. The summed E-state index contributed by atoms with van der Waals surface area (Å²) >= 11 is 0. The zero-order valence-corrected chi connectivity index (χ0v) is 9.72. The van der Waals surface area contributed by atoms with Gasteiger partial charge in [-0.05, 0) is 19.3 Å². The van der Waals surface area contributed by atoms with Crippen molar-refractivity contribution in [1.82, 2.24) is 15.2 Å². The Hall–Kier alpha value is -1.14. The fourth-order valence-corrected chi connectivity index (χ4v) is 1.87. The summed E-state index contributed by atoms with van der Waals surface area (Å²) in [7, 11) is 0. The number of nitrogens with zero attached hydrogens (tertiary/aromatic N) is 3. The molecule has 1 aromatic rings. The van der Waals surface area contributed by atoms with Crippen molar-refractivity contribution in [2.24, 2.45) is 11.7 Å². The predicted molar refractivity (Wildman–Crippen MR) is 61.0 cm³/mol. The van der Waals surface area contributed by atoms with Crippen molar-refractivity contribution in [3.8, 4) is 0 Å². The lowest BCUT2D eigenvalue weighted by Crippen LogP contribution is -2.48. The average molecular weight is 225 g/mol. The fraction of sp³-hybridized carbons (Fsp3) is 0.800. The summed E-state index contributed by atoms with van der Waals surface area (Å²) in [6.07, 6.45) is 0.443. The molecule has 2 heterocycles. The summed E-state index contributed by atoms with van der Waals surface area (Å²) in [6.45, 7) is 5.53. The van der Waals surface area contributed by atoms with Crippen LogP contribution in [0.1, 0.15) is 32.2 Å². The minimum atomic E-state index is -0.612. The summed E-state index contributed by atoms with van der Waals surface area (Å²) in [6, 6.07) is 0.169. The first-order valence-electron chi connectivity index (χ1n) is 5.69. The molecule has 1 aromatic heterocycles. The van der Waals surface area contributed by atoms with E-state index in [9.17, 15) is 5.11 Å². The standard InChI is InChI=1S/C10H19N5O/c1-6-3-4-15(5-8(6)11)10-12-9(7(2)16)13-14-10/h6-8,16H,3-5,11H2,1-2H3,(H,12,13,14). The molecule has 3 unspecified atom stereocenters. The minimum Gasteiger partial charge on any atom is -0.385 e. The zero-order valence-electron chi connectivity index (χ0n) is 9.72. The van der Waals surface area contributed by atoms with Gasteiger partial charge in [-0.3, -0.25) is 5.10 Å². The molecule has 0 spiro atoms. The van der Waals surface area contributed by atoms with Crippen LogP contribution in [-0.2, 0) is 0 Å². The SMILES string of the molecule is CC(O)c1nc(N2CCC(C)C(N)C2)n[nH]1. The number of hydrogen-bond acceptors (Lipinski definition) is 5. The van der Waals surface area contributed by atoms with Crippen LogP contribution in [0.25, 0.3) is 0 Å². The van der Waals surface area contributed by atoms with Crippen LogP contribution in [0.5, 0.6) is 0 Å². The quantitative estimate of drug-likeness (QED) is 0.660. The predicted octanol–water partition coefficient (Wildman–Crippen LogP) is 0.0315. The van der Waals surface area contributed by atoms with Gasteiger partial charge in [-0.25, -0.2) is 0 Å². The highest BCUT2D eigenvalue weighted by Gasteiger charge is 2.25. The van der Waals surface area contributed by atoms with Crippen LogP contribution in [-0.4, -0.2) is 39.4 Å². The van der Waals surface area contributed by atoms with E-state index in [4.69, 9.17) is 5.73 Å². The van der Waals surface area contributed by atoms with Crippen molar-refractivity contribution in [1.29, 1.82) is 0 Å². The van der Waals surface area contributed by atoms with Crippen LogP contribution in [0, 0.1) is 5.92 Å². The number of piperidine rings is 1. The first-order valence-corrected chi connectivity index (χ1v) is 5.69. The zero-order chi connectivity index (χ0) is 11.7. The molecule has 1 fully saturated rings. The number of anilines is 1. The van der Waals surface area contributed by atoms with E-state index in [1.165, 1.54) is 0 Å². The fourth-order valence-electron chi connectivity index (χ4n) is 1.87. The van der Waals surface area contributed by atoms with Crippen molar-refractivity contribution in [3.05, 3.63) is 5.82 Å². The second-order valence-corrected chi connectivity index (χ2v) is 4.57. The van der Waals surface area contributed by atoms with Crippen molar-refractivity contribution in [2.45, 2.75) is 32.4 Å². The van der Waals surface area contributed by atoms with Crippen LogP contribution >= 0.6 is 0 Å². The van der Waals surface area contributed by atoms with E-state index >= 15 is 0 Å². The summed E-state index contributed by atoms with van der Waals surface area (Å²) < 4.78 is 0. The second kappa shape index (κ2) is 4.39. The van der Waals surface area contributed by atoms with Crippen molar-refractivity contribution >= 4 is 5.95 Å². The van der Waals surface area contributed by atoms with Gasteiger partial charge in [0.15, 0.2) is 5.82 Å². The molecule has 1 saturated heterocycles. The molecule has 0 aliphatic carbocycles. The smallest absolute Gasteiger partial charge is 0.244 e. The third-order valence-electron chi connectivity index (χ3n) is 3.19. The summed E-state index contributed by atoms with van der Waals surface area (Å²) in [5.74, 6) is 1.69. The molecular formula is C10H19N5O. The highest BCUT2D eigenvalue weighted by molar-refractivity contribution is 5.30. The molecule has 0 saturated carbocycles. The average Bonchev–Trinajstić information content (AvgIpc) is 2.71. The Kier molecular flexibility index (Phi) is 3.11. The second-order valence-electron chi connectivity index (χ2n) is 4.57. The summed E-state index contributed by atoms with van der Waals surface area (Å²) in [5.41, 5.74) is 6.02. The number of aromatic nitrogens is 3. The Labute approximate surface area is 94.9 Å². The maximum Gasteiger partial charge on any atom is 0.244 e. The van der Waals surface area contributed by atoms with Gasteiger partial charge in [-0.1, -0.05) is 6.92 Å². The van der Waals surface area contributed by atoms with E-state index < -0.39 is 6.10 Å². The molecule has 1 aliphatic rings. The number of H-pyrrole nitrogens is 1. The van der Waals surface area contributed by atoms with Crippen LogP contribution in [0.4, 0.5) is 5.95 Å². The molecule has 0 aromatic carbocycles. The molecule has 16 heavy (non-hydrogen) atoms. The van der Waals surface area contributed by atoms with Crippen LogP contribution < -0.4 is 10.6 Å². The van der Waals surface area contributed by atoms with Gasteiger partial charge in [-0.15, -0.1) is 5.10 Å². The molecule has 6 nitrogen and oxygen atoms in total. The largest absolute Gasteiger partial charge is 0.385 e. The Morgan fingerprint density at radius 1 is 1.62 bits per heavy atom. The number of rotatable bonds is 2. The van der Waals surface area contributed by atoms with E-state index in [0.717, 1.165) is 19.5 Å². The third-order valence-corrected chi connectivity index (χ3v) is 3.19. The minimum absolute atomic E-state index is 0.169. The number of aliphatic hydroxyl groups excluding tert-OH is 1. The third kappa shape index (κ3) is 2.17. The van der Waals surface area contributed by atoms with Crippen molar-refractivity contribution in [3.63, 3.8) is 0 Å². The van der Waals surface area contributed by atoms with Gasteiger partial charge in [0.25, 0.3) is 0 Å². The molecule has 6 heteroatoms. The summed E-state index contributed by atoms with van der Waals surface area (Å²) in [4.78, 5) is 6.31. The van der Waals surface area contributed by atoms with Gasteiger partial charge >= 0.3 is 0 Å². The highest BCUT2D eigenvalue weighted by Crippen LogP contribution is 2.20. The number of nitrogens with two attached hydrogens (primary N) is 1. The normalized spacial score (nSPS) is 28.1. The molecule has 2 rings (SSSR count). The molecule has 4 N–H and O–H groups in total. The first-order chi connectivity index (χ1) is 7.58. The number of aromatic amines is 1. The summed E-state index contributed by atoms with van der Waals surface area (Å²) in [5, 5.41) is 16.2. The first kappa shape index (κ1) is 11.3. The number of hydrogen-bond donors (Lipinski definition) is 3. The van der Waals surface area contributed by atoms with Gasteiger partial charge in [-0.2, -0.15) is 4.98 Å². The van der Waals surface area contributed by atoms with Gasteiger partial charge in [0.05, 0.1) is 0 Å². The van der Waals surface area contributed by atoms with Gasteiger partial charge in [0.2, 0.25) is 5.95 Å². The van der Waals surface area contributed by atoms with E-state index in [2.05, 4.69) is 27.0 Å². The van der Waals surface area contributed by atoms with Crippen LogP contribution in [0.15, 0.2) is 0 Å². The lowest BCUT2D eigenvalue weighted by molar-refractivity contribution is 0.189. The number of nitrogens with one attached hydrogen (secondary N) is 1. The lowest BCUT2D eigenvalue weighted by atomic mass is 9.95. The highest BCUT2D eigenvalue weighted by atomic mass is 16.3. The molecule has 0 bridgehead atoms. The van der Waals surface area contributed by atoms with Crippen LogP contribution in [0.3, 0.4) is 0 Å². The molecular weight excluding hydrogens is 206 g/mol. The lowest BCUT2D eigenvalue weighted by Gasteiger charge is -2.34. The molecule has 0 amide bonds. The Balaban J connectivity index is 2.07. The monoisotopic (exact) mass is 225 g/mol. The van der Waals surface area contributed by atoms with E-state index in [1.807, 2.05) is 0 Å².